The molecule has 1 fully saturated rings. The van der Waals surface area contributed by atoms with Crippen molar-refractivity contribution in [3.63, 3.8) is 0 Å². The molecule has 4 nitrogen and oxygen atoms in total. The highest BCUT2D eigenvalue weighted by Crippen LogP contribution is 2.26. The number of hydrogen-bond donors (Lipinski definition) is 2. The molecule has 2 heterocycles. The Bertz CT molecular complexity index is 603. The Balaban J connectivity index is 1.81. The Kier molecular flexibility index (Phi) is 4.19. The van der Waals surface area contributed by atoms with Crippen molar-refractivity contribution >= 4 is 10.9 Å². The van der Waals surface area contributed by atoms with Crippen molar-refractivity contribution in [1.29, 1.82) is 0 Å². The molecule has 1 aliphatic heterocycles. The fraction of sp³-hybridized carbons (Fsp3) is 0.471. The third-order valence-corrected chi connectivity index (χ3v) is 4.30. The molecule has 1 aromatic carbocycles. The molecular formula is C17H23N3O. The maximum atomic E-state index is 5.99. The highest BCUT2D eigenvalue weighted by molar-refractivity contribution is 5.82. The van der Waals surface area contributed by atoms with Crippen molar-refractivity contribution in [2.75, 3.05) is 19.7 Å². The van der Waals surface area contributed by atoms with Gasteiger partial charge in [-0.3, -0.25) is 4.98 Å². The predicted molar refractivity (Wildman–Crippen MR) is 85.1 cm³/mol. The fourth-order valence-corrected chi connectivity index (χ4v) is 3.04. The third kappa shape index (κ3) is 3.07. The van der Waals surface area contributed by atoms with Gasteiger partial charge in [-0.2, -0.15) is 0 Å². The SMILES string of the molecule is CC1(CNC(CN)c2cccc3cccnc23)CCCO1. The summed E-state index contributed by atoms with van der Waals surface area (Å²) in [7, 11) is 0. The molecule has 112 valence electrons. The minimum atomic E-state index is -0.0641. The first kappa shape index (κ1) is 14.4. The van der Waals surface area contributed by atoms with Crippen LogP contribution in [-0.4, -0.2) is 30.3 Å². The molecule has 0 radical (unpaired) electrons. The molecule has 2 aromatic rings. The van der Waals surface area contributed by atoms with E-state index in [1.165, 1.54) is 0 Å². The van der Waals surface area contributed by atoms with E-state index >= 15 is 0 Å². The van der Waals surface area contributed by atoms with E-state index in [1.54, 1.807) is 0 Å². The lowest BCUT2D eigenvalue weighted by atomic mass is 9.99. The van der Waals surface area contributed by atoms with Gasteiger partial charge in [0, 0.05) is 37.3 Å². The van der Waals surface area contributed by atoms with E-state index in [9.17, 15) is 0 Å². The van der Waals surface area contributed by atoms with Crippen molar-refractivity contribution in [3.05, 3.63) is 42.1 Å². The number of nitrogens with two attached hydrogens (primary N) is 1. The van der Waals surface area contributed by atoms with E-state index in [0.29, 0.717) is 6.54 Å². The Morgan fingerprint density at radius 1 is 1.38 bits per heavy atom. The van der Waals surface area contributed by atoms with Crippen molar-refractivity contribution in [2.45, 2.75) is 31.4 Å². The largest absolute Gasteiger partial charge is 0.374 e. The van der Waals surface area contributed by atoms with Gasteiger partial charge in [-0.15, -0.1) is 0 Å². The quantitative estimate of drug-likeness (QED) is 0.885. The predicted octanol–water partition coefficient (Wildman–Crippen LogP) is 2.39. The van der Waals surface area contributed by atoms with Gasteiger partial charge in [0.1, 0.15) is 0 Å². The number of fused-ring (bicyclic) bond motifs is 1. The summed E-state index contributed by atoms with van der Waals surface area (Å²) in [5.74, 6) is 0. The summed E-state index contributed by atoms with van der Waals surface area (Å²) in [4.78, 5) is 4.52. The van der Waals surface area contributed by atoms with E-state index in [4.69, 9.17) is 10.5 Å². The Hall–Kier alpha value is -1.49. The van der Waals surface area contributed by atoms with Crippen LogP contribution in [0.5, 0.6) is 0 Å². The van der Waals surface area contributed by atoms with E-state index in [-0.39, 0.29) is 11.6 Å². The molecule has 0 spiro atoms. The third-order valence-electron chi connectivity index (χ3n) is 4.30. The number of rotatable bonds is 5. The second kappa shape index (κ2) is 6.10. The van der Waals surface area contributed by atoms with Crippen LogP contribution < -0.4 is 11.1 Å². The number of nitrogens with one attached hydrogen (secondary N) is 1. The van der Waals surface area contributed by atoms with Gasteiger partial charge in [-0.1, -0.05) is 24.3 Å². The molecule has 4 heteroatoms. The number of hydrogen-bond acceptors (Lipinski definition) is 4. The van der Waals surface area contributed by atoms with Crippen LogP contribution in [-0.2, 0) is 4.74 Å². The molecule has 2 atom stereocenters. The molecule has 21 heavy (non-hydrogen) atoms. The van der Waals surface area contributed by atoms with Gasteiger partial charge in [-0.05, 0) is 31.4 Å². The normalized spacial score (nSPS) is 23.5. The molecule has 3 N–H and O–H groups in total. The van der Waals surface area contributed by atoms with Gasteiger partial charge in [0.05, 0.1) is 11.1 Å². The summed E-state index contributed by atoms with van der Waals surface area (Å²) in [6.45, 7) is 4.40. The number of para-hydroxylation sites is 1. The molecular weight excluding hydrogens is 262 g/mol. The second-order valence-corrected chi connectivity index (χ2v) is 5.99. The fourth-order valence-electron chi connectivity index (χ4n) is 3.04. The van der Waals surface area contributed by atoms with Gasteiger partial charge < -0.3 is 15.8 Å². The first-order valence-electron chi connectivity index (χ1n) is 7.63. The summed E-state index contributed by atoms with van der Waals surface area (Å²) in [5.41, 5.74) is 8.12. The number of nitrogens with zero attached hydrogens (tertiary/aromatic N) is 1. The maximum Gasteiger partial charge on any atom is 0.0779 e. The summed E-state index contributed by atoms with van der Waals surface area (Å²) >= 11 is 0. The van der Waals surface area contributed by atoms with Gasteiger partial charge in [0.15, 0.2) is 0 Å². The lowest BCUT2D eigenvalue weighted by Gasteiger charge is -2.27. The standard InChI is InChI=1S/C17H23N3O/c1-17(8-4-10-21-17)12-20-15(11-18)14-7-2-5-13-6-3-9-19-16(13)14/h2-3,5-7,9,15,20H,4,8,10-12,18H2,1H3. The van der Waals surface area contributed by atoms with Gasteiger partial charge >= 0.3 is 0 Å². The molecule has 1 aliphatic rings. The first-order valence-corrected chi connectivity index (χ1v) is 7.63. The molecule has 0 amide bonds. The highest BCUT2D eigenvalue weighted by Gasteiger charge is 2.30. The molecule has 1 saturated heterocycles. The van der Waals surface area contributed by atoms with Gasteiger partial charge in [0.25, 0.3) is 0 Å². The van der Waals surface area contributed by atoms with Crippen molar-refractivity contribution in [2.24, 2.45) is 5.73 Å². The van der Waals surface area contributed by atoms with E-state index in [1.807, 2.05) is 12.3 Å². The molecule has 3 rings (SSSR count). The van der Waals surface area contributed by atoms with Crippen LogP contribution >= 0.6 is 0 Å². The van der Waals surface area contributed by atoms with Gasteiger partial charge in [0.2, 0.25) is 0 Å². The highest BCUT2D eigenvalue weighted by atomic mass is 16.5. The van der Waals surface area contributed by atoms with Crippen LogP contribution in [0.2, 0.25) is 0 Å². The van der Waals surface area contributed by atoms with E-state index in [0.717, 1.165) is 42.5 Å². The summed E-state index contributed by atoms with van der Waals surface area (Å²) < 4.78 is 5.84. The zero-order chi connectivity index (χ0) is 14.7. The number of ether oxygens (including phenoxy) is 1. The minimum Gasteiger partial charge on any atom is -0.374 e. The Morgan fingerprint density at radius 3 is 3.00 bits per heavy atom. The Morgan fingerprint density at radius 2 is 2.24 bits per heavy atom. The van der Waals surface area contributed by atoms with Crippen molar-refractivity contribution in [1.82, 2.24) is 10.3 Å². The number of pyridine rings is 1. The zero-order valence-corrected chi connectivity index (χ0v) is 12.5. The molecule has 0 bridgehead atoms. The first-order chi connectivity index (χ1) is 10.2. The summed E-state index contributed by atoms with van der Waals surface area (Å²) in [5, 5.41) is 4.72. The lowest BCUT2D eigenvalue weighted by Crippen LogP contribution is -2.41. The smallest absolute Gasteiger partial charge is 0.0779 e. The number of aromatic nitrogens is 1. The summed E-state index contributed by atoms with van der Waals surface area (Å²) in [6, 6.07) is 10.4. The second-order valence-electron chi connectivity index (χ2n) is 5.99. The van der Waals surface area contributed by atoms with Crippen LogP contribution in [0, 0.1) is 0 Å². The maximum absolute atomic E-state index is 5.99. The zero-order valence-electron chi connectivity index (χ0n) is 12.5. The monoisotopic (exact) mass is 285 g/mol. The molecule has 1 aromatic heterocycles. The van der Waals surface area contributed by atoms with Gasteiger partial charge in [-0.25, -0.2) is 0 Å². The average molecular weight is 285 g/mol. The van der Waals surface area contributed by atoms with E-state index in [2.05, 4.69) is 41.5 Å². The molecule has 0 saturated carbocycles. The Labute approximate surface area is 125 Å². The van der Waals surface area contributed by atoms with Crippen LogP contribution in [0.1, 0.15) is 31.4 Å². The van der Waals surface area contributed by atoms with Crippen LogP contribution in [0.3, 0.4) is 0 Å². The van der Waals surface area contributed by atoms with Crippen LogP contribution in [0.25, 0.3) is 10.9 Å². The molecule has 0 aliphatic carbocycles. The van der Waals surface area contributed by atoms with Crippen molar-refractivity contribution in [3.8, 4) is 0 Å². The van der Waals surface area contributed by atoms with Crippen LogP contribution in [0.15, 0.2) is 36.5 Å². The lowest BCUT2D eigenvalue weighted by molar-refractivity contribution is 0.0189. The van der Waals surface area contributed by atoms with Crippen LogP contribution in [0.4, 0.5) is 0 Å². The summed E-state index contributed by atoms with van der Waals surface area (Å²) in [6.07, 6.45) is 4.08. The minimum absolute atomic E-state index is 0.0641. The van der Waals surface area contributed by atoms with E-state index < -0.39 is 0 Å². The van der Waals surface area contributed by atoms with Crippen molar-refractivity contribution < 1.29 is 4.74 Å². The number of benzene rings is 1. The topological polar surface area (TPSA) is 60.2 Å². The average Bonchev–Trinajstić information content (AvgIpc) is 2.95. The molecule has 2 unspecified atom stereocenters.